The molecule has 1 aliphatic carbocycles. The summed E-state index contributed by atoms with van der Waals surface area (Å²) in [5.74, 6) is 0.280. The van der Waals surface area contributed by atoms with Crippen molar-refractivity contribution in [2.24, 2.45) is 5.92 Å². The van der Waals surface area contributed by atoms with E-state index >= 15 is 0 Å². The molecular formula is C17H21FN4O. The Morgan fingerprint density at radius 1 is 1.48 bits per heavy atom. The minimum absolute atomic E-state index is 0.0956. The number of amides is 2. The van der Waals surface area contributed by atoms with E-state index in [2.05, 4.69) is 22.7 Å². The van der Waals surface area contributed by atoms with Crippen LogP contribution in [-0.2, 0) is 6.54 Å². The number of carbonyl (C=O) groups is 1. The van der Waals surface area contributed by atoms with Crippen molar-refractivity contribution in [3.05, 3.63) is 54.1 Å². The van der Waals surface area contributed by atoms with Gasteiger partial charge in [-0.15, -0.1) is 0 Å². The van der Waals surface area contributed by atoms with Gasteiger partial charge >= 0.3 is 6.03 Å². The molecule has 1 saturated carbocycles. The Balaban J connectivity index is 1.39. The van der Waals surface area contributed by atoms with E-state index in [0.29, 0.717) is 12.5 Å². The molecule has 23 heavy (non-hydrogen) atoms. The molecule has 1 fully saturated rings. The first kappa shape index (κ1) is 15.5. The lowest BCUT2D eigenvalue weighted by atomic mass is 10.1. The molecule has 1 heterocycles. The van der Waals surface area contributed by atoms with Crippen molar-refractivity contribution < 1.29 is 9.18 Å². The molecule has 2 aromatic rings. The SMILES string of the molecule is C[C@H](CNC(=O)N[C@@H]1C[C@H]1c1cccc(F)c1)Cn1cccn1. The van der Waals surface area contributed by atoms with Gasteiger partial charge in [-0.2, -0.15) is 5.10 Å². The van der Waals surface area contributed by atoms with E-state index in [9.17, 15) is 9.18 Å². The van der Waals surface area contributed by atoms with Crippen molar-refractivity contribution in [3.8, 4) is 0 Å². The van der Waals surface area contributed by atoms with E-state index in [1.165, 1.54) is 12.1 Å². The number of nitrogens with one attached hydrogen (secondary N) is 2. The quantitative estimate of drug-likeness (QED) is 0.860. The zero-order chi connectivity index (χ0) is 16.2. The first-order valence-corrected chi connectivity index (χ1v) is 7.89. The maximum Gasteiger partial charge on any atom is 0.315 e. The molecule has 3 rings (SSSR count). The van der Waals surface area contributed by atoms with Crippen LogP contribution >= 0.6 is 0 Å². The van der Waals surface area contributed by atoms with Crippen molar-refractivity contribution in [1.82, 2.24) is 20.4 Å². The number of hydrogen-bond donors (Lipinski definition) is 2. The number of halogens is 1. The summed E-state index contributed by atoms with van der Waals surface area (Å²) < 4.78 is 15.1. The van der Waals surface area contributed by atoms with Crippen LogP contribution in [0.5, 0.6) is 0 Å². The third kappa shape index (κ3) is 4.31. The van der Waals surface area contributed by atoms with Crippen molar-refractivity contribution in [2.45, 2.75) is 31.8 Å². The zero-order valence-electron chi connectivity index (χ0n) is 13.1. The number of rotatable bonds is 6. The van der Waals surface area contributed by atoms with Gasteiger partial charge in [-0.1, -0.05) is 19.1 Å². The molecule has 122 valence electrons. The molecule has 1 aliphatic rings. The second-order valence-electron chi connectivity index (χ2n) is 6.19. The first-order valence-electron chi connectivity index (χ1n) is 7.89. The highest BCUT2D eigenvalue weighted by Gasteiger charge is 2.39. The highest BCUT2D eigenvalue weighted by atomic mass is 19.1. The van der Waals surface area contributed by atoms with Crippen LogP contribution in [0.4, 0.5) is 9.18 Å². The normalized spacial score (nSPS) is 20.8. The molecule has 2 amide bonds. The largest absolute Gasteiger partial charge is 0.338 e. The maximum atomic E-state index is 13.2. The first-order chi connectivity index (χ1) is 11.1. The Hall–Kier alpha value is -2.37. The van der Waals surface area contributed by atoms with Gasteiger partial charge in [0.2, 0.25) is 0 Å². The van der Waals surface area contributed by atoms with Crippen molar-refractivity contribution >= 4 is 6.03 Å². The van der Waals surface area contributed by atoms with Gasteiger partial charge in [0.15, 0.2) is 0 Å². The van der Waals surface area contributed by atoms with Crippen LogP contribution < -0.4 is 10.6 Å². The number of hydrogen-bond acceptors (Lipinski definition) is 2. The third-order valence-corrected chi connectivity index (χ3v) is 4.05. The standard InChI is InChI=1S/C17H21FN4O/c1-12(11-22-7-3-6-20-22)10-19-17(23)21-16-9-15(16)13-4-2-5-14(18)8-13/h2-8,12,15-16H,9-11H2,1H3,(H2,19,21,23)/t12-,15+,16-/m1/s1. The summed E-state index contributed by atoms with van der Waals surface area (Å²) in [6, 6.07) is 8.39. The molecule has 2 N–H and O–H groups in total. The highest BCUT2D eigenvalue weighted by molar-refractivity contribution is 5.74. The number of urea groups is 1. The summed E-state index contributed by atoms with van der Waals surface area (Å²) in [5.41, 5.74) is 0.947. The summed E-state index contributed by atoms with van der Waals surface area (Å²) in [4.78, 5) is 11.9. The molecular weight excluding hydrogens is 295 g/mol. The van der Waals surface area contributed by atoms with Crippen LogP contribution in [0.3, 0.4) is 0 Å². The van der Waals surface area contributed by atoms with E-state index in [0.717, 1.165) is 18.5 Å². The smallest absolute Gasteiger partial charge is 0.315 e. The molecule has 0 radical (unpaired) electrons. The van der Waals surface area contributed by atoms with Crippen LogP contribution in [0.15, 0.2) is 42.7 Å². The van der Waals surface area contributed by atoms with Crippen LogP contribution in [0.2, 0.25) is 0 Å². The number of benzene rings is 1. The van der Waals surface area contributed by atoms with Gasteiger partial charge in [0, 0.05) is 37.4 Å². The zero-order valence-corrected chi connectivity index (χ0v) is 13.1. The monoisotopic (exact) mass is 316 g/mol. The molecule has 6 heteroatoms. The molecule has 5 nitrogen and oxygen atoms in total. The molecule has 0 bridgehead atoms. The Bertz CT molecular complexity index is 658. The average Bonchev–Trinajstić information content (AvgIpc) is 3.09. The lowest BCUT2D eigenvalue weighted by molar-refractivity contribution is 0.238. The van der Waals surface area contributed by atoms with Gasteiger partial charge in [-0.25, -0.2) is 9.18 Å². The third-order valence-electron chi connectivity index (χ3n) is 4.05. The Morgan fingerprint density at radius 2 is 2.35 bits per heavy atom. The van der Waals surface area contributed by atoms with E-state index < -0.39 is 0 Å². The Kier molecular flexibility index (Phi) is 4.60. The van der Waals surface area contributed by atoms with Crippen LogP contribution in [0.25, 0.3) is 0 Å². The molecule has 0 unspecified atom stereocenters. The predicted molar refractivity (Wildman–Crippen MR) is 85.5 cm³/mol. The number of aromatic nitrogens is 2. The van der Waals surface area contributed by atoms with E-state index in [4.69, 9.17) is 0 Å². The van der Waals surface area contributed by atoms with Gasteiger partial charge in [-0.3, -0.25) is 4.68 Å². The summed E-state index contributed by atoms with van der Waals surface area (Å²) in [6.45, 7) is 3.42. The van der Waals surface area contributed by atoms with Gasteiger partial charge in [0.05, 0.1) is 0 Å². The lowest BCUT2D eigenvalue weighted by Gasteiger charge is -2.13. The molecule has 0 spiro atoms. The second-order valence-corrected chi connectivity index (χ2v) is 6.19. The lowest BCUT2D eigenvalue weighted by Crippen LogP contribution is -2.40. The highest BCUT2D eigenvalue weighted by Crippen LogP contribution is 2.40. The van der Waals surface area contributed by atoms with Crippen LogP contribution in [0.1, 0.15) is 24.8 Å². The fourth-order valence-electron chi connectivity index (χ4n) is 2.74. The number of carbonyl (C=O) groups excluding carboxylic acids is 1. The molecule has 0 saturated heterocycles. The topological polar surface area (TPSA) is 59.0 Å². The maximum absolute atomic E-state index is 13.2. The van der Waals surface area contributed by atoms with Crippen LogP contribution in [-0.4, -0.2) is 28.4 Å². The predicted octanol–water partition coefficient (Wildman–Crippen LogP) is 2.51. The summed E-state index contributed by atoms with van der Waals surface area (Å²) in [6.07, 6.45) is 4.51. The minimum atomic E-state index is -0.231. The van der Waals surface area contributed by atoms with E-state index in [1.54, 1.807) is 12.3 Å². The summed E-state index contributed by atoms with van der Waals surface area (Å²) in [5, 5.41) is 9.98. The summed E-state index contributed by atoms with van der Waals surface area (Å²) >= 11 is 0. The van der Waals surface area contributed by atoms with Gasteiger partial charge < -0.3 is 10.6 Å². The Morgan fingerprint density at radius 3 is 3.09 bits per heavy atom. The molecule has 0 aliphatic heterocycles. The fourth-order valence-corrected chi connectivity index (χ4v) is 2.74. The molecule has 1 aromatic carbocycles. The van der Waals surface area contributed by atoms with Gasteiger partial charge in [-0.05, 0) is 36.1 Å². The Labute approximate surface area is 134 Å². The van der Waals surface area contributed by atoms with E-state index in [1.807, 2.05) is 23.0 Å². The average molecular weight is 316 g/mol. The molecule has 1 aromatic heterocycles. The molecule has 3 atom stereocenters. The van der Waals surface area contributed by atoms with Gasteiger partial charge in [0.25, 0.3) is 0 Å². The number of nitrogens with zero attached hydrogens (tertiary/aromatic N) is 2. The van der Waals surface area contributed by atoms with Gasteiger partial charge in [0.1, 0.15) is 5.82 Å². The van der Waals surface area contributed by atoms with E-state index in [-0.39, 0.29) is 23.8 Å². The summed E-state index contributed by atoms with van der Waals surface area (Å²) in [7, 11) is 0. The van der Waals surface area contributed by atoms with Crippen molar-refractivity contribution in [2.75, 3.05) is 6.54 Å². The second kappa shape index (κ2) is 6.81. The fraction of sp³-hybridized carbons (Fsp3) is 0.412. The van der Waals surface area contributed by atoms with Crippen molar-refractivity contribution in [1.29, 1.82) is 0 Å². The van der Waals surface area contributed by atoms with Crippen LogP contribution in [0, 0.1) is 11.7 Å². The minimum Gasteiger partial charge on any atom is -0.338 e. The van der Waals surface area contributed by atoms with Crippen molar-refractivity contribution in [3.63, 3.8) is 0 Å².